The Kier molecular flexibility index (Phi) is 10.9. The number of morpholine rings is 1. The van der Waals surface area contributed by atoms with Crippen molar-refractivity contribution in [3.8, 4) is 11.5 Å². The first kappa shape index (κ1) is 28.1. The molecule has 10 heteroatoms. The summed E-state index contributed by atoms with van der Waals surface area (Å²) in [7, 11) is 1.65. The molecular weight excluding hydrogens is 480 g/mol. The minimum Gasteiger partial charge on any atom is -0.497 e. The summed E-state index contributed by atoms with van der Waals surface area (Å²) >= 11 is 0. The molecule has 200 valence electrons. The Balaban J connectivity index is 0.000000414. The van der Waals surface area contributed by atoms with E-state index in [1.54, 1.807) is 7.11 Å². The van der Waals surface area contributed by atoms with E-state index in [4.69, 9.17) is 24.4 Å². The number of fused-ring (bicyclic) bond motifs is 1. The fourth-order valence-electron chi connectivity index (χ4n) is 4.23. The minimum atomic E-state index is -1.26. The molecule has 4 N–H and O–H groups in total. The third-order valence-electron chi connectivity index (χ3n) is 6.09. The molecule has 1 fully saturated rings. The van der Waals surface area contributed by atoms with Crippen LogP contribution in [0.1, 0.15) is 29.7 Å². The average molecular weight is 515 g/mol. The SMILES string of the molecule is COc1ccc([C@H]2Oc3ccccc3[C@H](NCCCN3CCOCC3)[C@H]2O)cc1.O=C(O)/C=C\C(=O)O. The van der Waals surface area contributed by atoms with E-state index in [9.17, 15) is 14.7 Å². The maximum Gasteiger partial charge on any atom is 0.328 e. The van der Waals surface area contributed by atoms with Crippen molar-refractivity contribution in [1.82, 2.24) is 10.2 Å². The van der Waals surface area contributed by atoms with Gasteiger partial charge in [0.1, 0.15) is 17.6 Å². The molecule has 2 aliphatic rings. The predicted molar refractivity (Wildman–Crippen MR) is 136 cm³/mol. The van der Waals surface area contributed by atoms with Crippen LogP contribution in [0.3, 0.4) is 0 Å². The number of benzene rings is 2. The quantitative estimate of drug-likeness (QED) is 0.291. The molecule has 4 rings (SSSR count). The fraction of sp³-hybridized carbons (Fsp3) is 0.407. The Labute approximate surface area is 216 Å². The summed E-state index contributed by atoms with van der Waals surface area (Å²) in [6.45, 7) is 5.53. The Morgan fingerprint density at radius 1 is 1.05 bits per heavy atom. The fourth-order valence-corrected chi connectivity index (χ4v) is 4.23. The first-order valence-corrected chi connectivity index (χ1v) is 12.1. The van der Waals surface area contributed by atoms with Crippen molar-refractivity contribution in [2.24, 2.45) is 0 Å². The standard InChI is InChI=1S/C23H30N2O4.C4H4O4/c1-27-18-9-7-17(8-10-18)23-22(26)21(19-5-2-3-6-20(19)29-23)24-11-4-12-25-13-15-28-16-14-25;5-3(6)1-2-4(7)8/h2-3,5-10,21-24,26H,4,11-16H2,1H3;1-2H,(H,5,6)(H,7,8)/b;2-1-/t21-,22+,23+;/m0./s1. The maximum absolute atomic E-state index is 11.2. The van der Waals surface area contributed by atoms with Crippen LogP contribution in [-0.2, 0) is 14.3 Å². The normalized spacial score (nSPS) is 21.3. The zero-order chi connectivity index (χ0) is 26.6. The Bertz CT molecular complexity index is 1020. The largest absolute Gasteiger partial charge is 0.497 e. The van der Waals surface area contributed by atoms with Gasteiger partial charge in [-0.05, 0) is 43.3 Å². The number of aliphatic hydroxyl groups is 1. The number of rotatable bonds is 9. The van der Waals surface area contributed by atoms with E-state index in [0.29, 0.717) is 12.2 Å². The van der Waals surface area contributed by atoms with Crippen LogP contribution in [0.15, 0.2) is 60.7 Å². The minimum absolute atomic E-state index is 0.170. The van der Waals surface area contributed by atoms with E-state index in [1.807, 2.05) is 48.5 Å². The molecule has 0 bridgehead atoms. The topological polar surface area (TPSA) is 138 Å². The molecule has 0 aromatic heterocycles. The van der Waals surface area contributed by atoms with Gasteiger partial charge in [0.05, 0.1) is 26.4 Å². The van der Waals surface area contributed by atoms with Crippen LogP contribution in [0.2, 0.25) is 0 Å². The highest BCUT2D eigenvalue weighted by Crippen LogP contribution is 2.41. The van der Waals surface area contributed by atoms with E-state index in [2.05, 4.69) is 10.2 Å². The molecule has 0 unspecified atom stereocenters. The number of carbonyl (C=O) groups is 2. The van der Waals surface area contributed by atoms with Gasteiger partial charge in [0.2, 0.25) is 0 Å². The first-order chi connectivity index (χ1) is 17.9. The Morgan fingerprint density at radius 2 is 1.70 bits per heavy atom. The lowest BCUT2D eigenvalue weighted by atomic mass is 9.90. The van der Waals surface area contributed by atoms with Crippen LogP contribution in [0.5, 0.6) is 11.5 Å². The van der Waals surface area contributed by atoms with E-state index in [-0.39, 0.29) is 6.04 Å². The van der Waals surface area contributed by atoms with Crippen molar-refractivity contribution < 1.29 is 39.1 Å². The molecule has 2 heterocycles. The van der Waals surface area contributed by atoms with Gasteiger partial charge in [-0.1, -0.05) is 30.3 Å². The second-order valence-electron chi connectivity index (χ2n) is 8.59. The smallest absolute Gasteiger partial charge is 0.328 e. The maximum atomic E-state index is 11.2. The number of nitrogens with zero attached hydrogens (tertiary/aromatic N) is 1. The van der Waals surface area contributed by atoms with Crippen molar-refractivity contribution >= 4 is 11.9 Å². The van der Waals surface area contributed by atoms with Gasteiger partial charge in [-0.2, -0.15) is 0 Å². The summed E-state index contributed by atoms with van der Waals surface area (Å²) in [5.41, 5.74) is 1.95. The van der Waals surface area contributed by atoms with E-state index in [0.717, 1.165) is 68.4 Å². The van der Waals surface area contributed by atoms with Crippen LogP contribution in [-0.4, -0.2) is 84.8 Å². The van der Waals surface area contributed by atoms with Gasteiger partial charge in [0, 0.05) is 30.8 Å². The van der Waals surface area contributed by atoms with Gasteiger partial charge in [-0.3, -0.25) is 4.90 Å². The van der Waals surface area contributed by atoms with Crippen molar-refractivity contribution in [1.29, 1.82) is 0 Å². The van der Waals surface area contributed by atoms with E-state index >= 15 is 0 Å². The summed E-state index contributed by atoms with van der Waals surface area (Å²) < 4.78 is 16.8. The summed E-state index contributed by atoms with van der Waals surface area (Å²) in [6.07, 6.45) is 1.04. The lowest BCUT2D eigenvalue weighted by Crippen LogP contribution is -2.42. The van der Waals surface area contributed by atoms with Gasteiger partial charge < -0.3 is 34.8 Å². The third-order valence-corrected chi connectivity index (χ3v) is 6.09. The number of methoxy groups -OCH3 is 1. The van der Waals surface area contributed by atoms with Crippen molar-refractivity contribution in [3.63, 3.8) is 0 Å². The highest BCUT2D eigenvalue weighted by molar-refractivity contribution is 5.89. The number of aliphatic carboxylic acids is 2. The molecule has 2 aliphatic heterocycles. The molecule has 10 nitrogen and oxygen atoms in total. The number of ether oxygens (including phenoxy) is 3. The van der Waals surface area contributed by atoms with E-state index in [1.165, 1.54) is 0 Å². The average Bonchev–Trinajstić information content (AvgIpc) is 2.91. The monoisotopic (exact) mass is 514 g/mol. The number of hydrogen-bond donors (Lipinski definition) is 4. The molecule has 3 atom stereocenters. The summed E-state index contributed by atoms with van der Waals surface area (Å²) in [6, 6.07) is 15.5. The van der Waals surface area contributed by atoms with Crippen molar-refractivity contribution in [2.75, 3.05) is 46.5 Å². The van der Waals surface area contributed by atoms with Crippen LogP contribution in [0, 0.1) is 0 Å². The van der Waals surface area contributed by atoms with E-state index < -0.39 is 24.1 Å². The van der Waals surface area contributed by atoms with Crippen molar-refractivity contribution in [3.05, 3.63) is 71.8 Å². The van der Waals surface area contributed by atoms with Gasteiger partial charge in [0.25, 0.3) is 0 Å². The van der Waals surface area contributed by atoms with Crippen LogP contribution in [0.4, 0.5) is 0 Å². The van der Waals surface area contributed by atoms with Gasteiger partial charge in [-0.25, -0.2) is 9.59 Å². The number of carboxylic acid groups (broad SMARTS) is 2. The molecule has 2 aromatic rings. The van der Waals surface area contributed by atoms with Crippen LogP contribution >= 0.6 is 0 Å². The van der Waals surface area contributed by atoms with Crippen LogP contribution in [0.25, 0.3) is 0 Å². The molecule has 1 saturated heterocycles. The van der Waals surface area contributed by atoms with Crippen molar-refractivity contribution in [2.45, 2.75) is 24.7 Å². The zero-order valence-electron chi connectivity index (χ0n) is 20.8. The molecule has 37 heavy (non-hydrogen) atoms. The van der Waals surface area contributed by atoms with Gasteiger partial charge in [0.15, 0.2) is 6.10 Å². The Morgan fingerprint density at radius 3 is 2.32 bits per heavy atom. The molecule has 0 spiro atoms. The number of carboxylic acids is 2. The zero-order valence-corrected chi connectivity index (χ0v) is 20.8. The second kappa shape index (κ2) is 14.3. The Hall–Kier alpha value is -3.44. The number of hydrogen-bond acceptors (Lipinski definition) is 8. The second-order valence-corrected chi connectivity index (χ2v) is 8.59. The van der Waals surface area contributed by atoms with Gasteiger partial charge >= 0.3 is 11.9 Å². The molecule has 0 aliphatic carbocycles. The highest BCUT2D eigenvalue weighted by Gasteiger charge is 2.37. The number of aliphatic hydroxyl groups excluding tert-OH is 1. The predicted octanol–water partition coefficient (Wildman–Crippen LogP) is 2.25. The highest BCUT2D eigenvalue weighted by atomic mass is 16.5. The molecule has 0 amide bonds. The molecule has 0 saturated carbocycles. The third kappa shape index (κ3) is 8.57. The summed E-state index contributed by atoms with van der Waals surface area (Å²) in [5, 5.41) is 30.4. The van der Waals surface area contributed by atoms with Gasteiger partial charge in [-0.15, -0.1) is 0 Å². The molecule has 0 radical (unpaired) electrons. The number of para-hydroxylation sites is 1. The molecule has 2 aromatic carbocycles. The van der Waals surface area contributed by atoms with Crippen LogP contribution < -0.4 is 14.8 Å². The molecular formula is C27H34N2O8. The number of nitrogens with one attached hydrogen (secondary N) is 1. The lowest BCUT2D eigenvalue weighted by Gasteiger charge is -2.37. The summed E-state index contributed by atoms with van der Waals surface area (Å²) in [4.78, 5) is 21.5. The first-order valence-electron chi connectivity index (χ1n) is 12.1. The lowest BCUT2D eigenvalue weighted by molar-refractivity contribution is -0.134. The summed E-state index contributed by atoms with van der Waals surface area (Å²) in [5.74, 6) is -0.902.